The van der Waals surface area contributed by atoms with Crippen molar-refractivity contribution in [1.82, 2.24) is 4.98 Å². The summed E-state index contributed by atoms with van der Waals surface area (Å²) in [6.45, 7) is 2.43. The fraction of sp³-hybridized carbons (Fsp3) is 0.214. The second kappa shape index (κ2) is 5.34. The Balaban J connectivity index is 1.89. The molecule has 1 atom stereocenters. The van der Waals surface area contributed by atoms with E-state index in [1.54, 1.807) is 18.3 Å². The molecule has 0 saturated carbocycles. The molecule has 0 saturated heterocycles. The Kier molecular flexibility index (Phi) is 3.60. The molecule has 1 aromatic carbocycles. The van der Waals surface area contributed by atoms with Gasteiger partial charge in [-0.2, -0.15) is 0 Å². The van der Waals surface area contributed by atoms with Gasteiger partial charge in [-0.15, -0.1) is 0 Å². The lowest BCUT2D eigenvalue weighted by molar-refractivity contribution is 0.0479. The SMILES string of the molecule is CC(COC(=O)c1ccc[nH]1)c1ccccc1. The summed E-state index contributed by atoms with van der Waals surface area (Å²) in [7, 11) is 0. The van der Waals surface area contributed by atoms with E-state index in [2.05, 4.69) is 4.98 Å². The molecule has 0 aliphatic carbocycles. The minimum Gasteiger partial charge on any atom is -0.460 e. The average molecular weight is 229 g/mol. The van der Waals surface area contributed by atoms with Crippen LogP contribution in [0.2, 0.25) is 0 Å². The maximum atomic E-state index is 11.6. The summed E-state index contributed by atoms with van der Waals surface area (Å²) in [5, 5.41) is 0. The zero-order chi connectivity index (χ0) is 12.1. The van der Waals surface area contributed by atoms with Crippen LogP contribution in [0.4, 0.5) is 0 Å². The van der Waals surface area contributed by atoms with Crippen molar-refractivity contribution in [2.75, 3.05) is 6.61 Å². The van der Waals surface area contributed by atoms with Crippen molar-refractivity contribution in [2.45, 2.75) is 12.8 Å². The molecular weight excluding hydrogens is 214 g/mol. The van der Waals surface area contributed by atoms with E-state index in [1.807, 2.05) is 37.3 Å². The summed E-state index contributed by atoms with van der Waals surface area (Å²) in [6, 6.07) is 13.5. The van der Waals surface area contributed by atoms with E-state index in [1.165, 1.54) is 5.56 Å². The number of nitrogens with one attached hydrogen (secondary N) is 1. The van der Waals surface area contributed by atoms with Crippen LogP contribution in [0.1, 0.15) is 28.9 Å². The summed E-state index contributed by atoms with van der Waals surface area (Å²) < 4.78 is 5.23. The van der Waals surface area contributed by atoms with Gasteiger partial charge in [0.05, 0.1) is 6.61 Å². The summed E-state index contributed by atoms with van der Waals surface area (Å²) in [4.78, 5) is 14.4. The van der Waals surface area contributed by atoms with Gasteiger partial charge in [0.15, 0.2) is 0 Å². The first-order valence-corrected chi connectivity index (χ1v) is 5.63. The molecule has 2 rings (SSSR count). The minimum atomic E-state index is -0.308. The number of H-pyrrole nitrogens is 1. The number of hydrogen-bond donors (Lipinski definition) is 1. The van der Waals surface area contributed by atoms with Crippen LogP contribution in [-0.4, -0.2) is 17.6 Å². The molecule has 0 aliphatic heterocycles. The van der Waals surface area contributed by atoms with Gasteiger partial charge in [-0.3, -0.25) is 0 Å². The van der Waals surface area contributed by atoms with Crippen molar-refractivity contribution < 1.29 is 9.53 Å². The first-order chi connectivity index (χ1) is 8.27. The summed E-state index contributed by atoms with van der Waals surface area (Å²) in [6.07, 6.45) is 1.71. The second-order valence-electron chi connectivity index (χ2n) is 3.99. The summed E-state index contributed by atoms with van der Waals surface area (Å²) in [5.41, 5.74) is 1.66. The van der Waals surface area contributed by atoms with Gasteiger partial charge in [0.25, 0.3) is 0 Å². The molecule has 1 unspecified atom stereocenters. The Morgan fingerprint density at radius 1 is 1.24 bits per heavy atom. The topological polar surface area (TPSA) is 42.1 Å². The molecule has 1 heterocycles. The quantitative estimate of drug-likeness (QED) is 0.819. The van der Waals surface area contributed by atoms with Gasteiger partial charge < -0.3 is 9.72 Å². The molecule has 0 bridgehead atoms. The van der Waals surface area contributed by atoms with Gasteiger partial charge in [0.2, 0.25) is 0 Å². The predicted octanol–water partition coefficient (Wildman–Crippen LogP) is 2.98. The molecule has 1 N–H and O–H groups in total. The zero-order valence-electron chi connectivity index (χ0n) is 9.72. The minimum absolute atomic E-state index is 0.204. The number of carbonyl (C=O) groups excluding carboxylic acids is 1. The standard InChI is InChI=1S/C14H15NO2/c1-11(12-6-3-2-4-7-12)10-17-14(16)13-8-5-9-15-13/h2-9,11,15H,10H2,1H3. The third-order valence-electron chi connectivity index (χ3n) is 2.65. The molecule has 0 fully saturated rings. The van der Waals surface area contributed by atoms with Gasteiger partial charge in [0, 0.05) is 12.1 Å². The van der Waals surface area contributed by atoms with Crippen molar-refractivity contribution in [1.29, 1.82) is 0 Å². The molecule has 0 spiro atoms. The van der Waals surface area contributed by atoms with Crippen molar-refractivity contribution in [2.24, 2.45) is 0 Å². The van der Waals surface area contributed by atoms with Gasteiger partial charge in [-0.1, -0.05) is 37.3 Å². The number of aromatic amines is 1. The average Bonchev–Trinajstić information content (AvgIpc) is 2.90. The molecule has 1 aromatic heterocycles. The van der Waals surface area contributed by atoms with E-state index in [4.69, 9.17) is 4.74 Å². The fourth-order valence-electron chi connectivity index (χ4n) is 1.61. The molecule has 17 heavy (non-hydrogen) atoms. The summed E-state index contributed by atoms with van der Waals surface area (Å²) in [5.74, 6) is -0.104. The lowest BCUT2D eigenvalue weighted by atomic mass is 10.0. The highest BCUT2D eigenvalue weighted by molar-refractivity contribution is 5.87. The Labute approximate surface area is 100 Å². The van der Waals surface area contributed by atoms with E-state index in [0.29, 0.717) is 12.3 Å². The highest BCUT2D eigenvalue weighted by Gasteiger charge is 2.11. The van der Waals surface area contributed by atoms with Crippen LogP contribution in [0.3, 0.4) is 0 Å². The Bertz CT molecular complexity index is 462. The van der Waals surface area contributed by atoms with E-state index in [-0.39, 0.29) is 11.9 Å². The fourth-order valence-corrected chi connectivity index (χ4v) is 1.61. The van der Waals surface area contributed by atoms with Crippen LogP contribution in [0, 0.1) is 0 Å². The lowest BCUT2D eigenvalue weighted by Crippen LogP contribution is -2.11. The highest BCUT2D eigenvalue weighted by atomic mass is 16.5. The van der Waals surface area contributed by atoms with Crippen LogP contribution >= 0.6 is 0 Å². The highest BCUT2D eigenvalue weighted by Crippen LogP contribution is 2.15. The van der Waals surface area contributed by atoms with E-state index >= 15 is 0 Å². The smallest absolute Gasteiger partial charge is 0.354 e. The van der Waals surface area contributed by atoms with Gasteiger partial charge >= 0.3 is 5.97 Å². The molecule has 2 aromatic rings. The predicted molar refractivity (Wildman–Crippen MR) is 65.9 cm³/mol. The monoisotopic (exact) mass is 229 g/mol. The van der Waals surface area contributed by atoms with Crippen LogP contribution in [0.25, 0.3) is 0 Å². The first-order valence-electron chi connectivity index (χ1n) is 5.63. The third-order valence-corrected chi connectivity index (χ3v) is 2.65. The largest absolute Gasteiger partial charge is 0.460 e. The number of rotatable bonds is 4. The molecule has 3 nitrogen and oxygen atoms in total. The zero-order valence-corrected chi connectivity index (χ0v) is 9.72. The van der Waals surface area contributed by atoms with Gasteiger partial charge in [-0.05, 0) is 17.7 Å². The Morgan fingerprint density at radius 3 is 2.65 bits per heavy atom. The lowest BCUT2D eigenvalue weighted by Gasteiger charge is -2.11. The van der Waals surface area contributed by atoms with Crippen molar-refractivity contribution >= 4 is 5.97 Å². The number of esters is 1. The van der Waals surface area contributed by atoms with Crippen molar-refractivity contribution in [3.63, 3.8) is 0 Å². The number of carbonyl (C=O) groups is 1. The van der Waals surface area contributed by atoms with Gasteiger partial charge in [0.1, 0.15) is 5.69 Å². The number of ether oxygens (including phenoxy) is 1. The van der Waals surface area contributed by atoms with E-state index in [0.717, 1.165) is 0 Å². The van der Waals surface area contributed by atoms with Crippen molar-refractivity contribution in [3.8, 4) is 0 Å². The molecule has 3 heteroatoms. The Hall–Kier alpha value is -2.03. The van der Waals surface area contributed by atoms with Crippen LogP contribution in [0.5, 0.6) is 0 Å². The normalized spacial score (nSPS) is 12.1. The third kappa shape index (κ3) is 2.97. The molecule has 0 radical (unpaired) electrons. The molecule has 0 aliphatic rings. The Morgan fingerprint density at radius 2 is 2.00 bits per heavy atom. The maximum Gasteiger partial charge on any atom is 0.354 e. The summed E-state index contributed by atoms with van der Waals surface area (Å²) >= 11 is 0. The van der Waals surface area contributed by atoms with E-state index in [9.17, 15) is 4.79 Å². The molecule has 0 amide bonds. The van der Waals surface area contributed by atoms with Gasteiger partial charge in [-0.25, -0.2) is 4.79 Å². The maximum absolute atomic E-state index is 11.6. The number of hydrogen-bond acceptors (Lipinski definition) is 2. The number of aromatic nitrogens is 1. The number of benzene rings is 1. The second-order valence-corrected chi connectivity index (χ2v) is 3.99. The van der Waals surface area contributed by atoms with Crippen LogP contribution in [0.15, 0.2) is 48.7 Å². The van der Waals surface area contributed by atoms with Crippen LogP contribution in [-0.2, 0) is 4.74 Å². The molecular formula is C14H15NO2. The van der Waals surface area contributed by atoms with E-state index < -0.39 is 0 Å². The van der Waals surface area contributed by atoms with Crippen molar-refractivity contribution in [3.05, 3.63) is 59.9 Å². The van der Waals surface area contributed by atoms with Crippen LogP contribution < -0.4 is 0 Å². The molecule has 88 valence electrons. The first kappa shape index (κ1) is 11.5.